The van der Waals surface area contributed by atoms with E-state index in [9.17, 15) is 4.79 Å². The Morgan fingerprint density at radius 2 is 2.06 bits per heavy atom. The molecular weight excluding hydrogens is 204 g/mol. The molecule has 1 atom stereocenters. The van der Waals surface area contributed by atoms with Crippen LogP contribution in [0, 0.1) is 5.92 Å². The minimum absolute atomic E-state index is 0.482. The quantitative estimate of drug-likeness (QED) is 0.664. The van der Waals surface area contributed by atoms with E-state index >= 15 is 0 Å². The molecular formula is C12H26N2O2. The maximum atomic E-state index is 11.0. The lowest BCUT2D eigenvalue weighted by Gasteiger charge is -2.25. The summed E-state index contributed by atoms with van der Waals surface area (Å²) in [6.07, 6.45) is 1.86. The van der Waals surface area contributed by atoms with Crippen LogP contribution in [0.3, 0.4) is 0 Å². The third-order valence-corrected chi connectivity index (χ3v) is 2.90. The van der Waals surface area contributed by atoms with Gasteiger partial charge in [-0.15, -0.1) is 0 Å². The van der Waals surface area contributed by atoms with Crippen molar-refractivity contribution in [2.24, 2.45) is 11.7 Å². The smallest absolute Gasteiger partial charge is 0.323 e. The molecule has 0 fully saturated rings. The first-order valence-electron chi connectivity index (χ1n) is 6.02. The Bertz CT molecular complexity index is 219. The van der Waals surface area contributed by atoms with E-state index in [2.05, 4.69) is 25.8 Å². The van der Waals surface area contributed by atoms with Gasteiger partial charge in [0, 0.05) is 6.54 Å². The van der Waals surface area contributed by atoms with Crippen LogP contribution in [0.15, 0.2) is 0 Å². The Labute approximate surface area is 98.8 Å². The number of carbonyl (C=O) groups is 1. The third-order valence-electron chi connectivity index (χ3n) is 2.90. The largest absolute Gasteiger partial charge is 0.480 e. The van der Waals surface area contributed by atoms with Gasteiger partial charge in [-0.05, 0) is 38.8 Å². The van der Waals surface area contributed by atoms with Crippen molar-refractivity contribution in [2.45, 2.75) is 45.6 Å². The highest BCUT2D eigenvalue weighted by Crippen LogP contribution is 2.14. The van der Waals surface area contributed by atoms with Gasteiger partial charge in [-0.3, -0.25) is 4.79 Å². The molecule has 0 radical (unpaired) electrons. The van der Waals surface area contributed by atoms with Crippen molar-refractivity contribution < 1.29 is 9.90 Å². The highest BCUT2D eigenvalue weighted by Gasteiger charge is 2.30. The summed E-state index contributed by atoms with van der Waals surface area (Å²) in [4.78, 5) is 13.2. The second-order valence-electron chi connectivity index (χ2n) is 5.07. The van der Waals surface area contributed by atoms with Crippen LogP contribution in [0.4, 0.5) is 0 Å². The molecule has 4 nitrogen and oxygen atoms in total. The highest BCUT2D eigenvalue weighted by atomic mass is 16.4. The summed E-state index contributed by atoms with van der Waals surface area (Å²) >= 11 is 0. The average Bonchev–Trinajstić information content (AvgIpc) is 2.15. The van der Waals surface area contributed by atoms with Gasteiger partial charge in [-0.25, -0.2) is 0 Å². The van der Waals surface area contributed by atoms with Crippen LogP contribution < -0.4 is 5.73 Å². The van der Waals surface area contributed by atoms with Crippen LogP contribution in [0.1, 0.15) is 40.0 Å². The topological polar surface area (TPSA) is 66.6 Å². The van der Waals surface area contributed by atoms with Crippen molar-refractivity contribution >= 4 is 5.97 Å². The Morgan fingerprint density at radius 1 is 1.50 bits per heavy atom. The molecule has 16 heavy (non-hydrogen) atoms. The van der Waals surface area contributed by atoms with Gasteiger partial charge in [0.25, 0.3) is 0 Å². The molecule has 0 heterocycles. The minimum atomic E-state index is -1.04. The molecule has 0 aliphatic rings. The van der Waals surface area contributed by atoms with Gasteiger partial charge >= 0.3 is 5.97 Å². The van der Waals surface area contributed by atoms with Crippen molar-refractivity contribution in [1.82, 2.24) is 4.90 Å². The first-order valence-corrected chi connectivity index (χ1v) is 6.02. The number of rotatable bonds is 8. The molecule has 0 saturated carbocycles. The zero-order valence-electron chi connectivity index (χ0n) is 11.0. The number of aliphatic carboxylic acids is 1. The Morgan fingerprint density at radius 3 is 2.44 bits per heavy atom. The van der Waals surface area contributed by atoms with E-state index in [1.165, 1.54) is 0 Å². The molecule has 0 aliphatic heterocycles. The molecule has 0 saturated heterocycles. The van der Waals surface area contributed by atoms with Crippen molar-refractivity contribution in [2.75, 3.05) is 20.1 Å². The summed E-state index contributed by atoms with van der Waals surface area (Å²) in [6.45, 7) is 8.12. The lowest BCUT2D eigenvalue weighted by atomic mass is 9.92. The van der Waals surface area contributed by atoms with Crippen LogP contribution >= 0.6 is 0 Å². The fourth-order valence-corrected chi connectivity index (χ4v) is 1.81. The standard InChI is InChI=1S/C12H26N2O2/c1-5-12(13,11(15)16)7-6-8-14(4)9-10(2)3/h10H,5-9,13H2,1-4H3,(H,15,16). The molecule has 4 heteroatoms. The van der Waals surface area contributed by atoms with E-state index < -0.39 is 11.5 Å². The van der Waals surface area contributed by atoms with Crippen molar-refractivity contribution in [3.05, 3.63) is 0 Å². The normalized spacial score (nSPS) is 15.4. The van der Waals surface area contributed by atoms with E-state index in [1.54, 1.807) is 0 Å². The summed E-state index contributed by atoms with van der Waals surface area (Å²) in [7, 11) is 2.06. The van der Waals surface area contributed by atoms with Crippen LogP contribution in [0.25, 0.3) is 0 Å². The summed E-state index contributed by atoms with van der Waals surface area (Å²) in [6, 6.07) is 0. The second-order valence-corrected chi connectivity index (χ2v) is 5.07. The van der Waals surface area contributed by atoms with Crippen molar-refractivity contribution in [3.63, 3.8) is 0 Å². The van der Waals surface area contributed by atoms with Crippen LogP contribution in [0.2, 0.25) is 0 Å². The molecule has 0 aromatic heterocycles. The fourth-order valence-electron chi connectivity index (χ4n) is 1.81. The van der Waals surface area contributed by atoms with Gasteiger partial charge in [0.2, 0.25) is 0 Å². The summed E-state index contributed by atoms with van der Waals surface area (Å²) < 4.78 is 0. The zero-order valence-corrected chi connectivity index (χ0v) is 11.0. The Kier molecular flexibility index (Phi) is 6.60. The SMILES string of the molecule is CCC(N)(CCCN(C)CC(C)C)C(=O)O. The number of nitrogens with zero attached hydrogens (tertiary/aromatic N) is 1. The first kappa shape index (κ1) is 15.4. The summed E-state index contributed by atoms with van der Waals surface area (Å²) in [5.41, 5.74) is 4.77. The number of hydrogen-bond acceptors (Lipinski definition) is 3. The molecule has 0 aromatic carbocycles. The first-order chi connectivity index (χ1) is 7.31. The molecule has 96 valence electrons. The van der Waals surface area contributed by atoms with E-state index in [4.69, 9.17) is 10.8 Å². The number of carboxylic acids is 1. The Balaban J connectivity index is 3.92. The van der Waals surface area contributed by atoms with Crippen LogP contribution in [0.5, 0.6) is 0 Å². The monoisotopic (exact) mass is 230 g/mol. The fraction of sp³-hybridized carbons (Fsp3) is 0.917. The maximum absolute atomic E-state index is 11.0. The number of nitrogens with two attached hydrogens (primary N) is 1. The molecule has 0 rings (SSSR count). The molecule has 0 amide bonds. The summed E-state index contributed by atoms with van der Waals surface area (Å²) in [5, 5.41) is 9.00. The second kappa shape index (κ2) is 6.86. The van der Waals surface area contributed by atoms with Gasteiger partial charge in [0.05, 0.1) is 0 Å². The lowest BCUT2D eigenvalue weighted by molar-refractivity contribution is -0.143. The zero-order chi connectivity index (χ0) is 12.8. The van der Waals surface area contributed by atoms with Gasteiger partial charge in [-0.2, -0.15) is 0 Å². The molecule has 0 aliphatic carbocycles. The Hall–Kier alpha value is -0.610. The van der Waals surface area contributed by atoms with E-state index in [0.29, 0.717) is 18.8 Å². The number of carboxylic acid groups (broad SMARTS) is 1. The molecule has 1 unspecified atom stereocenters. The predicted molar refractivity (Wildman–Crippen MR) is 66.4 cm³/mol. The highest BCUT2D eigenvalue weighted by molar-refractivity contribution is 5.78. The van der Waals surface area contributed by atoms with Crippen LogP contribution in [-0.4, -0.2) is 41.7 Å². The molecule has 0 aromatic rings. The minimum Gasteiger partial charge on any atom is -0.480 e. The molecule has 3 N–H and O–H groups in total. The van der Waals surface area contributed by atoms with E-state index in [0.717, 1.165) is 19.5 Å². The number of hydrogen-bond donors (Lipinski definition) is 2. The van der Waals surface area contributed by atoms with Gasteiger partial charge in [0.1, 0.15) is 5.54 Å². The summed E-state index contributed by atoms with van der Waals surface area (Å²) in [5.74, 6) is -0.250. The van der Waals surface area contributed by atoms with Crippen LogP contribution in [-0.2, 0) is 4.79 Å². The van der Waals surface area contributed by atoms with Gasteiger partial charge in [-0.1, -0.05) is 20.8 Å². The predicted octanol–water partition coefficient (Wildman–Crippen LogP) is 1.55. The van der Waals surface area contributed by atoms with Gasteiger partial charge in [0.15, 0.2) is 0 Å². The molecule has 0 bridgehead atoms. The lowest BCUT2D eigenvalue weighted by Crippen LogP contribution is -2.47. The van der Waals surface area contributed by atoms with Crippen molar-refractivity contribution in [1.29, 1.82) is 0 Å². The average molecular weight is 230 g/mol. The molecule has 0 spiro atoms. The van der Waals surface area contributed by atoms with Crippen molar-refractivity contribution in [3.8, 4) is 0 Å². The van der Waals surface area contributed by atoms with E-state index in [-0.39, 0.29) is 0 Å². The van der Waals surface area contributed by atoms with Gasteiger partial charge < -0.3 is 15.7 Å². The maximum Gasteiger partial charge on any atom is 0.323 e. The van der Waals surface area contributed by atoms with E-state index in [1.807, 2.05) is 6.92 Å². The third kappa shape index (κ3) is 5.47.